The number of aromatic nitrogens is 2. The smallest absolute Gasteiger partial charge is 0.256 e. The van der Waals surface area contributed by atoms with Crippen molar-refractivity contribution in [1.29, 1.82) is 0 Å². The van der Waals surface area contributed by atoms with Crippen LogP contribution >= 0.6 is 15.9 Å². The van der Waals surface area contributed by atoms with Crippen LogP contribution in [0.5, 0.6) is 0 Å². The number of nitrogens with one attached hydrogen (secondary N) is 1. The molecule has 0 unspecified atom stereocenters. The van der Waals surface area contributed by atoms with Crippen LogP contribution in [0.25, 0.3) is 0 Å². The molecule has 0 fully saturated rings. The number of carbonyl (C=O) groups excluding carboxylic acids is 1. The molecule has 0 aliphatic heterocycles. The van der Waals surface area contributed by atoms with Gasteiger partial charge in [0.25, 0.3) is 5.91 Å². The number of nitrogen functional groups attached to an aromatic ring is 1. The summed E-state index contributed by atoms with van der Waals surface area (Å²) in [6.45, 7) is 0. The Hall–Kier alpha value is -1.95. The first-order valence-corrected chi connectivity index (χ1v) is 5.58. The molecular weight excluding hydrogens is 284 g/mol. The summed E-state index contributed by atoms with van der Waals surface area (Å²) in [6, 6.07) is 4.99. The van der Waals surface area contributed by atoms with E-state index in [2.05, 4.69) is 31.2 Å². The Bertz CT molecular complexity index is 544. The fourth-order valence-corrected chi connectivity index (χ4v) is 1.48. The summed E-state index contributed by atoms with van der Waals surface area (Å²) in [5.74, 6) is 0.128. The molecule has 2 rings (SSSR count). The molecule has 0 bridgehead atoms. The number of nitrogens with zero attached hydrogens (tertiary/aromatic N) is 2. The number of hydrogen-bond acceptors (Lipinski definition) is 4. The van der Waals surface area contributed by atoms with Crippen LogP contribution in [0.2, 0.25) is 0 Å². The fraction of sp³-hybridized carbons (Fsp3) is 0. The molecule has 0 atom stereocenters. The maximum absolute atomic E-state index is 11.8. The molecule has 1 aromatic heterocycles. The number of rotatable bonds is 2. The van der Waals surface area contributed by atoms with Gasteiger partial charge in [0, 0.05) is 28.1 Å². The Balaban J connectivity index is 2.18. The first-order valence-electron chi connectivity index (χ1n) is 4.79. The number of nitrogens with two attached hydrogens (primary N) is 1. The van der Waals surface area contributed by atoms with Gasteiger partial charge < -0.3 is 11.1 Å². The number of hydrogen-bond donors (Lipinski definition) is 2. The van der Waals surface area contributed by atoms with Crippen molar-refractivity contribution < 1.29 is 4.79 Å². The van der Waals surface area contributed by atoms with Crippen LogP contribution in [0.3, 0.4) is 0 Å². The largest absolute Gasteiger partial charge is 0.398 e. The van der Waals surface area contributed by atoms with Crippen LogP contribution < -0.4 is 11.1 Å². The summed E-state index contributed by atoms with van der Waals surface area (Å²) in [7, 11) is 0. The summed E-state index contributed by atoms with van der Waals surface area (Å²) in [6.07, 6.45) is 4.51. The van der Waals surface area contributed by atoms with Gasteiger partial charge in [0.1, 0.15) is 0 Å². The van der Waals surface area contributed by atoms with Crippen LogP contribution in [0, 0.1) is 0 Å². The summed E-state index contributed by atoms with van der Waals surface area (Å²) < 4.78 is 0.758. The average molecular weight is 293 g/mol. The molecule has 2 aromatic rings. The maximum atomic E-state index is 11.8. The Morgan fingerprint density at radius 3 is 2.82 bits per heavy atom. The second kappa shape index (κ2) is 4.92. The molecule has 5 nitrogen and oxygen atoms in total. The van der Waals surface area contributed by atoms with Gasteiger partial charge >= 0.3 is 0 Å². The lowest BCUT2D eigenvalue weighted by molar-refractivity contribution is 0.102. The third-order valence-electron chi connectivity index (χ3n) is 2.06. The standard InChI is InChI=1S/C11H9BrN4O/c12-8-2-1-7(5-9(8)13)11(17)16-10-6-14-3-4-15-10/h1-6H,13H2,(H,15,16,17). The molecule has 1 amide bonds. The molecule has 86 valence electrons. The van der Waals surface area contributed by atoms with E-state index in [1.807, 2.05) is 0 Å². The van der Waals surface area contributed by atoms with Crippen LogP contribution in [0.1, 0.15) is 10.4 Å². The lowest BCUT2D eigenvalue weighted by Gasteiger charge is -2.05. The molecule has 1 heterocycles. The second-order valence-corrected chi connectivity index (χ2v) is 4.14. The third-order valence-corrected chi connectivity index (χ3v) is 2.79. The van der Waals surface area contributed by atoms with Gasteiger partial charge in [-0.15, -0.1) is 0 Å². The van der Waals surface area contributed by atoms with E-state index in [4.69, 9.17) is 5.73 Å². The van der Waals surface area contributed by atoms with Gasteiger partial charge in [-0.05, 0) is 34.1 Å². The van der Waals surface area contributed by atoms with Crippen LogP contribution in [0.15, 0.2) is 41.3 Å². The lowest BCUT2D eigenvalue weighted by Crippen LogP contribution is -2.13. The van der Waals surface area contributed by atoms with Crippen molar-refractivity contribution in [3.05, 3.63) is 46.8 Å². The van der Waals surface area contributed by atoms with Crippen molar-refractivity contribution in [2.45, 2.75) is 0 Å². The van der Waals surface area contributed by atoms with E-state index in [0.717, 1.165) is 4.47 Å². The lowest BCUT2D eigenvalue weighted by atomic mass is 10.2. The van der Waals surface area contributed by atoms with E-state index in [1.165, 1.54) is 18.6 Å². The Morgan fingerprint density at radius 1 is 1.35 bits per heavy atom. The number of halogens is 1. The molecule has 1 aromatic carbocycles. The highest BCUT2D eigenvalue weighted by molar-refractivity contribution is 9.10. The van der Waals surface area contributed by atoms with Crippen LogP contribution in [0.4, 0.5) is 11.5 Å². The van der Waals surface area contributed by atoms with E-state index in [1.54, 1.807) is 18.2 Å². The second-order valence-electron chi connectivity index (χ2n) is 3.28. The molecule has 0 aliphatic carbocycles. The zero-order valence-electron chi connectivity index (χ0n) is 8.72. The van der Waals surface area contributed by atoms with Crippen LogP contribution in [-0.4, -0.2) is 15.9 Å². The summed E-state index contributed by atoms with van der Waals surface area (Å²) >= 11 is 3.27. The molecule has 0 radical (unpaired) electrons. The van der Waals surface area contributed by atoms with Gasteiger partial charge in [-0.3, -0.25) is 9.78 Å². The highest BCUT2D eigenvalue weighted by Crippen LogP contribution is 2.20. The Kier molecular flexibility index (Phi) is 3.34. The zero-order valence-corrected chi connectivity index (χ0v) is 10.3. The minimum absolute atomic E-state index is 0.273. The number of carbonyl (C=O) groups is 1. The third kappa shape index (κ3) is 2.79. The fourth-order valence-electron chi connectivity index (χ4n) is 1.24. The van der Waals surface area contributed by atoms with Gasteiger partial charge in [-0.25, -0.2) is 4.98 Å². The van der Waals surface area contributed by atoms with Crippen molar-refractivity contribution >= 4 is 33.3 Å². The van der Waals surface area contributed by atoms with Gasteiger partial charge in [0.15, 0.2) is 5.82 Å². The summed E-state index contributed by atoms with van der Waals surface area (Å²) in [5.41, 5.74) is 6.68. The van der Waals surface area contributed by atoms with Gasteiger partial charge in [0.2, 0.25) is 0 Å². The molecular formula is C11H9BrN4O. The van der Waals surface area contributed by atoms with Crippen molar-refractivity contribution in [2.75, 3.05) is 11.1 Å². The molecule has 0 spiro atoms. The first-order chi connectivity index (χ1) is 8.16. The van der Waals surface area contributed by atoms with E-state index in [9.17, 15) is 4.79 Å². The Labute approximate surface area is 106 Å². The van der Waals surface area contributed by atoms with Crippen molar-refractivity contribution in [1.82, 2.24) is 9.97 Å². The summed E-state index contributed by atoms with van der Waals surface area (Å²) in [4.78, 5) is 19.6. The van der Waals surface area contributed by atoms with Crippen molar-refractivity contribution in [3.8, 4) is 0 Å². The molecule has 0 saturated heterocycles. The number of amides is 1. The van der Waals surface area contributed by atoms with E-state index >= 15 is 0 Å². The summed E-state index contributed by atoms with van der Waals surface area (Å²) in [5, 5.41) is 2.62. The predicted molar refractivity (Wildman–Crippen MR) is 68.5 cm³/mol. The molecule has 17 heavy (non-hydrogen) atoms. The van der Waals surface area contributed by atoms with Gasteiger partial charge in [-0.1, -0.05) is 0 Å². The van der Waals surface area contributed by atoms with Gasteiger partial charge in [0.05, 0.1) is 6.20 Å². The quantitative estimate of drug-likeness (QED) is 0.831. The molecule has 0 aliphatic rings. The van der Waals surface area contributed by atoms with E-state index < -0.39 is 0 Å². The van der Waals surface area contributed by atoms with E-state index in [0.29, 0.717) is 17.1 Å². The average Bonchev–Trinajstić information content (AvgIpc) is 2.34. The van der Waals surface area contributed by atoms with Gasteiger partial charge in [-0.2, -0.15) is 0 Å². The predicted octanol–water partition coefficient (Wildman–Crippen LogP) is 2.07. The highest BCUT2D eigenvalue weighted by atomic mass is 79.9. The normalized spacial score (nSPS) is 9.94. The number of benzene rings is 1. The zero-order chi connectivity index (χ0) is 12.3. The Morgan fingerprint density at radius 2 is 2.18 bits per heavy atom. The maximum Gasteiger partial charge on any atom is 0.256 e. The van der Waals surface area contributed by atoms with Crippen LogP contribution in [-0.2, 0) is 0 Å². The molecule has 3 N–H and O–H groups in total. The topological polar surface area (TPSA) is 80.9 Å². The van der Waals surface area contributed by atoms with E-state index in [-0.39, 0.29) is 5.91 Å². The monoisotopic (exact) mass is 292 g/mol. The first kappa shape index (κ1) is 11.5. The molecule has 0 saturated carbocycles. The SMILES string of the molecule is Nc1cc(C(=O)Nc2cnccn2)ccc1Br. The van der Waals surface area contributed by atoms with Crippen molar-refractivity contribution in [3.63, 3.8) is 0 Å². The van der Waals surface area contributed by atoms with Crippen molar-refractivity contribution in [2.24, 2.45) is 0 Å². The number of anilines is 2. The highest BCUT2D eigenvalue weighted by Gasteiger charge is 2.08. The minimum atomic E-state index is -0.273. The minimum Gasteiger partial charge on any atom is -0.398 e. The molecule has 6 heteroatoms.